The first-order chi connectivity index (χ1) is 6.27. The minimum absolute atomic E-state index is 0.181. The predicted octanol–water partition coefficient (Wildman–Crippen LogP) is 0.194. The molecule has 0 saturated carbocycles. The van der Waals surface area contributed by atoms with Crippen molar-refractivity contribution in [2.45, 2.75) is 44.4 Å². The molecule has 3 atom stereocenters. The molecule has 0 aromatic rings. The van der Waals surface area contributed by atoms with Gasteiger partial charge in [0, 0.05) is 18.6 Å². The molecule has 2 aliphatic rings. The van der Waals surface area contributed by atoms with Gasteiger partial charge in [0.2, 0.25) is 0 Å². The van der Waals surface area contributed by atoms with Gasteiger partial charge in [0.25, 0.3) is 0 Å². The molecule has 2 fully saturated rings. The molecule has 0 radical (unpaired) electrons. The van der Waals surface area contributed by atoms with Gasteiger partial charge in [0.15, 0.2) is 0 Å². The molecule has 2 rings (SSSR count). The number of fused-ring (bicyclic) bond motifs is 1. The fraction of sp³-hybridized carbons (Fsp3) is 1.00. The molecule has 0 amide bonds. The molecule has 2 aliphatic heterocycles. The highest BCUT2D eigenvalue weighted by atomic mass is 16.3. The molecule has 76 valence electrons. The molecule has 0 spiro atoms. The van der Waals surface area contributed by atoms with Crippen molar-refractivity contribution in [2.75, 3.05) is 19.6 Å². The molecule has 2 saturated heterocycles. The maximum absolute atomic E-state index is 9.36. The smallest absolute Gasteiger partial charge is 0.0639 e. The Kier molecular flexibility index (Phi) is 2.86. The number of piperidine rings is 1. The molecular formula is C10H20N2O. The van der Waals surface area contributed by atoms with E-state index in [2.05, 4.69) is 10.2 Å². The van der Waals surface area contributed by atoms with Crippen LogP contribution in [-0.2, 0) is 0 Å². The summed E-state index contributed by atoms with van der Waals surface area (Å²) < 4.78 is 0. The number of likely N-dealkylation sites (tertiary alicyclic amines) is 1. The number of β-amino-alcohol motifs (C(OH)–C–C–N with tert-alkyl or cyclic N) is 1. The Labute approximate surface area is 80.1 Å². The molecule has 2 unspecified atom stereocenters. The molecule has 0 aromatic heterocycles. The van der Waals surface area contributed by atoms with Crippen LogP contribution in [0, 0.1) is 0 Å². The standard InChI is InChI=1S/C10H20N2O/c1-8(13)7-12-6-2-3-9-10(12)4-5-11-9/h8-11,13H,2-7H2,1H3/t8-,9?,10?/m0/s1. The van der Waals surface area contributed by atoms with Gasteiger partial charge in [-0.2, -0.15) is 0 Å². The van der Waals surface area contributed by atoms with Crippen LogP contribution in [-0.4, -0.2) is 47.8 Å². The normalized spacial score (nSPS) is 37.4. The van der Waals surface area contributed by atoms with Crippen molar-refractivity contribution in [1.29, 1.82) is 0 Å². The number of aliphatic hydroxyl groups is 1. The quantitative estimate of drug-likeness (QED) is 0.643. The first-order valence-electron chi connectivity index (χ1n) is 5.43. The second-order valence-corrected chi connectivity index (χ2v) is 4.40. The lowest BCUT2D eigenvalue weighted by atomic mass is 9.97. The summed E-state index contributed by atoms with van der Waals surface area (Å²) in [6.45, 7) is 5.06. The highest BCUT2D eigenvalue weighted by molar-refractivity contribution is 4.94. The van der Waals surface area contributed by atoms with Crippen LogP contribution in [0.1, 0.15) is 26.2 Å². The summed E-state index contributed by atoms with van der Waals surface area (Å²) in [5.41, 5.74) is 0. The van der Waals surface area contributed by atoms with Crippen molar-refractivity contribution in [3.63, 3.8) is 0 Å². The van der Waals surface area contributed by atoms with Crippen LogP contribution < -0.4 is 5.32 Å². The van der Waals surface area contributed by atoms with Gasteiger partial charge in [-0.05, 0) is 39.3 Å². The lowest BCUT2D eigenvalue weighted by molar-refractivity contribution is 0.0726. The SMILES string of the molecule is C[C@H](O)CN1CCCC2NCCC21. The largest absolute Gasteiger partial charge is 0.392 e. The van der Waals surface area contributed by atoms with E-state index in [0.29, 0.717) is 12.1 Å². The maximum atomic E-state index is 9.36. The van der Waals surface area contributed by atoms with Crippen molar-refractivity contribution in [3.8, 4) is 0 Å². The lowest BCUT2D eigenvalue weighted by Gasteiger charge is -2.37. The summed E-state index contributed by atoms with van der Waals surface area (Å²) >= 11 is 0. The van der Waals surface area contributed by atoms with Crippen molar-refractivity contribution in [1.82, 2.24) is 10.2 Å². The van der Waals surface area contributed by atoms with Gasteiger partial charge in [-0.3, -0.25) is 4.90 Å². The van der Waals surface area contributed by atoms with Crippen LogP contribution in [0.4, 0.5) is 0 Å². The molecule has 0 aromatic carbocycles. The Bertz CT molecular complexity index is 172. The van der Waals surface area contributed by atoms with Crippen LogP contribution in [0.15, 0.2) is 0 Å². The van der Waals surface area contributed by atoms with Gasteiger partial charge >= 0.3 is 0 Å². The zero-order chi connectivity index (χ0) is 9.26. The van der Waals surface area contributed by atoms with Crippen LogP contribution >= 0.6 is 0 Å². The van der Waals surface area contributed by atoms with Gasteiger partial charge in [-0.1, -0.05) is 0 Å². The van der Waals surface area contributed by atoms with E-state index >= 15 is 0 Å². The minimum Gasteiger partial charge on any atom is -0.392 e. The molecular weight excluding hydrogens is 164 g/mol. The van der Waals surface area contributed by atoms with E-state index in [1.54, 1.807) is 0 Å². The van der Waals surface area contributed by atoms with E-state index < -0.39 is 0 Å². The van der Waals surface area contributed by atoms with Crippen molar-refractivity contribution in [3.05, 3.63) is 0 Å². The number of rotatable bonds is 2. The van der Waals surface area contributed by atoms with Gasteiger partial charge < -0.3 is 10.4 Å². The Hall–Kier alpha value is -0.120. The van der Waals surface area contributed by atoms with E-state index in [-0.39, 0.29) is 6.10 Å². The highest BCUT2D eigenvalue weighted by Crippen LogP contribution is 2.24. The third kappa shape index (κ3) is 2.03. The third-order valence-electron chi connectivity index (χ3n) is 3.24. The number of aliphatic hydroxyl groups excluding tert-OH is 1. The molecule has 2 N–H and O–H groups in total. The first kappa shape index (κ1) is 9.44. The van der Waals surface area contributed by atoms with Crippen molar-refractivity contribution < 1.29 is 5.11 Å². The van der Waals surface area contributed by atoms with Crippen molar-refractivity contribution in [2.24, 2.45) is 0 Å². The summed E-state index contributed by atoms with van der Waals surface area (Å²) in [6, 6.07) is 1.40. The molecule has 3 nitrogen and oxygen atoms in total. The number of hydrogen-bond acceptors (Lipinski definition) is 3. The average Bonchev–Trinajstić information content (AvgIpc) is 2.51. The van der Waals surface area contributed by atoms with Crippen molar-refractivity contribution >= 4 is 0 Å². The van der Waals surface area contributed by atoms with Crippen LogP contribution in [0.3, 0.4) is 0 Å². The summed E-state index contributed by atoms with van der Waals surface area (Å²) in [5.74, 6) is 0. The van der Waals surface area contributed by atoms with Gasteiger partial charge in [0.1, 0.15) is 0 Å². The summed E-state index contributed by atoms with van der Waals surface area (Å²) in [5, 5.41) is 12.9. The second-order valence-electron chi connectivity index (χ2n) is 4.40. The Balaban J connectivity index is 1.93. The van der Waals surface area contributed by atoms with Gasteiger partial charge in [-0.15, -0.1) is 0 Å². The Morgan fingerprint density at radius 1 is 1.54 bits per heavy atom. The Morgan fingerprint density at radius 2 is 2.38 bits per heavy atom. The predicted molar refractivity (Wildman–Crippen MR) is 52.7 cm³/mol. The molecule has 2 heterocycles. The van der Waals surface area contributed by atoms with Gasteiger partial charge in [-0.25, -0.2) is 0 Å². The van der Waals surface area contributed by atoms with E-state index in [9.17, 15) is 5.11 Å². The minimum atomic E-state index is -0.181. The van der Waals surface area contributed by atoms with Crippen LogP contribution in [0.25, 0.3) is 0 Å². The Morgan fingerprint density at radius 3 is 3.15 bits per heavy atom. The topological polar surface area (TPSA) is 35.5 Å². The average molecular weight is 184 g/mol. The maximum Gasteiger partial charge on any atom is 0.0639 e. The van der Waals surface area contributed by atoms with Crippen LogP contribution in [0.5, 0.6) is 0 Å². The van der Waals surface area contributed by atoms with E-state index in [4.69, 9.17) is 0 Å². The number of nitrogens with one attached hydrogen (secondary N) is 1. The fourth-order valence-electron chi connectivity index (χ4n) is 2.73. The molecule has 0 bridgehead atoms. The highest BCUT2D eigenvalue weighted by Gasteiger charge is 2.34. The monoisotopic (exact) mass is 184 g/mol. The van der Waals surface area contributed by atoms with Crippen LogP contribution in [0.2, 0.25) is 0 Å². The van der Waals surface area contributed by atoms with Gasteiger partial charge in [0.05, 0.1) is 6.10 Å². The second kappa shape index (κ2) is 3.95. The third-order valence-corrected chi connectivity index (χ3v) is 3.24. The number of nitrogens with zero attached hydrogens (tertiary/aromatic N) is 1. The van der Waals surface area contributed by atoms with E-state index in [1.807, 2.05) is 6.92 Å². The number of hydrogen-bond donors (Lipinski definition) is 2. The summed E-state index contributed by atoms with van der Waals surface area (Å²) in [4.78, 5) is 2.46. The fourth-order valence-corrected chi connectivity index (χ4v) is 2.73. The molecule has 13 heavy (non-hydrogen) atoms. The van der Waals surface area contributed by atoms with E-state index in [1.165, 1.54) is 25.8 Å². The molecule has 3 heteroatoms. The molecule has 0 aliphatic carbocycles. The zero-order valence-electron chi connectivity index (χ0n) is 8.37. The summed E-state index contributed by atoms with van der Waals surface area (Å²) in [6.07, 6.45) is 3.68. The zero-order valence-corrected chi connectivity index (χ0v) is 8.37. The lowest BCUT2D eigenvalue weighted by Crippen LogP contribution is -2.50. The first-order valence-corrected chi connectivity index (χ1v) is 5.43. The van der Waals surface area contributed by atoms with E-state index in [0.717, 1.165) is 13.1 Å². The summed E-state index contributed by atoms with van der Waals surface area (Å²) in [7, 11) is 0.